The van der Waals surface area contributed by atoms with Crippen LogP contribution in [0.15, 0.2) is 10.4 Å². The standard InChI is InChI=1S/C9H14N2O2S2/c1-3-13-8(12)6(2)5-14-7-4-11-9(10)15-7/h4,6H,3,5H2,1-2H3,(H2,10,11). The van der Waals surface area contributed by atoms with Crippen LogP contribution in [-0.2, 0) is 9.53 Å². The largest absolute Gasteiger partial charge is 0.466 e. The summed E-state index contributed by atoms with van der Waals surface area (Å²) >= 11 is 3.01. The first-order valence-corrected chi connectivity index (χ1v) is 6.44. The van der Waals surface area contributed by atoms with Gasteiger partial charge in [-0.15, -0.1) is 11.8 Å². The molecule has 0 amide bonds. The summed E-state index contributed by atoms with van der Waals surface area (Å²) in [6.45, 7) is 4.10. The van der Waals surface area contributed by atoms with Crippen molar-refractivity contribution < 1.29 is 9.53 Å². The van der Waals surface area contributed by atoms with Gasteiger partial charge in [0.05, 0.1) is 22.9 Å². The minimum Gasteiger partial charge on any atom is -0.466 e. The van der Waals surface area contributed by atoms with Crippen molar-refractivity contribution in [2.24, 2.45) is 5.92 Å². The lowest BCUT2D eigenvalue weighted by atomic mass is 10.2. The zero-order valence-electron chi connectivity index (χ0n) is 8.73. The number of aromatic nitrogens is 1. The van der Waals surface area contributed by atoms with E-state index in [9.17, 15) is 4.79 Å². The Balaban J connectivity index is 2.33. The number of esters is 1. The molecule has 0 spiro atoms. The zero-order valence-corrected chi connectivity index (χ0v) is 10.4. The lowest BCUT2D eigenvalue weighted by molar-refractivity contribution is -0.146. The fraction of sp³-hybridized carbons (Fsp3) is 0.556. The van der Waals surface area contributed by atoms with Crippen LogP contribution in [-0.4, -0.2) is 23.3 Å². The van der Waals surface area contributed by atoms with Crippen LogP contribution in [0.4, 0.5) is 5.13 Å². The number of carbonyl (C=O) groups is 1. The molecular weight excluding hydrogens is 232 g/mol. The highest BCUT2D eigenvalue weighted by Gasteiger charge is 2.14. The highest BCUT2D eigenvalue weighted by Crippen LogP contribution is 2.28. The zero-order chi connectivity index (χ0) is 11.3. The number of thiazole rings is 1. The van der Waals surface area contributed by atoms with Crippen molar-refractivity contribution in [3.63, 3.8) is 0 Å². The molecule has 15 heavy (non-hydrogen) atoms. The second-order valence-corrected chi connectivity index (χ2v) is 5.36. The minimum absolute atomic E-state index is 0.0988. The molecule has 0 fully saturated rings. The molecule has 1 atom stereocenters. The quantitative estimate of drug-likeness (QED) is 0.636. The number of nitrogens with two attached hydrogens (primary N) is 1. The topological polar surface area (TPSA) is 65.2 Å². The van der Waals surface area contributed by atoms with Gasteiger partial charge in [0.25, 0.3) is 0 Å². The van der Waals surface area contributed by atoms with Gasteiger partial charge in [-0.25, -0.2) is 4.98 Å². The fourth-order valence-corrected chi connectivity index (χ4v) is 2.69. The normalized spacial score (nSPS) is 12.4. The number of nitrogen functional groups attached to an aromatic ring is 1. The van der Waals surface area contributed by atoms with Crippen molar-refractivity contribution in [1.82, 2.24) is 4.98 Å². The summed E-state index contributed by atoms with van der Waals surface area (Å²) in [5.74, 6) is 0.446. The second-order valence-electron chi connectivity index (χ2n) is 2.98. The highest BCUT2D eigenvalue weighted by atomic mass is 32.2. The van der Waals surface area contributed by atoms with Crippen molar-refractivity contribution in [3.8, 4) is 0 Å². The number of carbonyl (C=O) groups excluding carboxylic acids is 1. The molecule has 4 nitrogen and oxygen atoms in total. The summed E-state index contributed by atoms with van der Waals surface area (Å²) in [5.41, 5.74) is 5.49. The summed E-state index contributed by atoms with van der Waals surface area (Å²) in [4.78, 5) is 15.2. The van der Waals surface area contributed by atoms with Gasteiger partial charge in [-0.1, -0.05) is 18.3 Å². The molecule has 1 rings (SSSR count). The van der Waals surface area contributed by atoms with Gasteiger partial charge in [0.15, 0.2) is 5.13 Å². The van der Waals surface area contributed by atoms with Gasteiger partial charge in [0.2, 0.25) is 0 Å². The molecule has 0 radical (unpaired) electrons. The van der Waals surface area contributed by atoms with Crippen LogP contribution < -0.4 is 5.73 Å². The van der Waals surface area contributed by atoms with Crippen LogP contribution >= 0.6 is 23.1 Å². The Bertz CT molecular complexity index is 328. The Labute approximate surface area is 97.2 Å². The maximum atomic E-state index is 11.3. The number of nitrogens with zero attached hydrogens (tertiary/aromatic N) is 1. The van der Waals surface area contributed by atoms with Gasteiger partial charge in [-0.3, -0.25) is 4.79 Å². The maximum absolute atomic E-state index is 11.3. The number of hydrogen-bond acceptors (Lipinski definition) is 6. The first-order chi connectivity index (χ1) is 7.13. The lowest BCUT2D eigenvalue weighted by Crippen LogP contribution is -2.16. The first kappa shape index (κ1) is 12.3. The van der Waals surface area contributed by atoms with E-state index in [-0.39, 0.29) is 11.9 Å². The van der Waals surface area contributed by atoms with Gasteiger partial charge in [-0.05, 0) is 6.92 Å². The predicted octanol–water partition coefficient (Wildman–Crippen LogP) is 2.02. The highest BCUT2D eigenvalue weighted by molar-refractivity contribution is 8.01. The Morgan fingerprint density at radius 1 is 1.80 bits per heavy atom. The third-order valence-electron chi connectivity index (χ3n) is 1.67. The Morgan fingerprint density at radius 2 is 2.53 bits per heavy atom. The van der Waals surface area contributed by atoms with E-state index in [1.807, 2.05) is 13.8 Å². The van der Waals surface area contributed by atoms with Crippen molar-refractivity contribution in [1.29, 1.82) is 0 Å². The van der Waals surface area contributed by atoms with E-state index in [0.29, 0.717) is 17.5 Å². The minimum atomic E-state index is -0.150. The molecular formula is C9H14N2O2S2. The summed E-state index contributed by atoms with van der Waals surface area (Å²) in [6.07, 6.45) is 1.72. The maximum Gasteiger partial charge on any atom is 0.309 e. The number of ether oxygens (including phenoxy) is 1. The molecule has 0 aromatic carbocycles. The number of thioether (sulfide) groups is 1. The molecule has 0 aliphatic carbocycles. The molecule has 1 unspecified atom stereocenters. The van der Waals surface area contributed by atoms with E-state index in [1.165, 1.54) is 11.3 Å². The van der Waals surface area contributed by atoms with Crippen molar-refractivity contribution in [3.05, 3.63) is 6.20 Å². The van der Waals surface area contributed by atoms with Crippen molar-refractivity contribution >= 4 is 34.2 Å². The van der Waals surface area contributed by atoms with Gasteiger partial charge < -0.3 is 10.5 Å². The molecule has 1 aromatic rings. The summed E-state index contributed by atoms with van der Waals surface area (Å²) in [7, 11) is 0. The van der Waals surface area contributed by atoms with Crippen LogP contribution in [0.3, 0.4) is 0 Å². The van der Waals surface area contributed by atoms with E-state index in [1.54, 1.807) is 18.0 Å². The molecule has 0 bridgehead atoms. The Kier molecular flexibility index (Phi) is 4.90. The van der Waals surface area contributed by atoms with Gasteiger partial charge >= 0.3 is 5.97 Å². The van der Waals surface area contributed by atoms with E-state index in [2.05, 4.69) is 4.98 Å². The van der Waals surface area contributed by atoms with Crippen LogP contribution in [0.2, 0.25) is 0 Å². The smallest absolute Gasteiger partial charge is 0.309 e. The van der Waals surface area contributed by atoms with E-state index >= 15 is 0 Å². The average molecular weight is 246 g/mol. The van der Waals surface area contributed by atoms with Gasteiger partial charge in [0.1, 0.15) is 0 Å². The van der Waals surface area contributed by atoms with Crippen LogP contribution in [0.25, 0.3) is 0 Å². The fourth-order valence-electron chi connectivity index (χ4n) is 0.899. The van der Waals surface area contributed by atoms with Gasteiger partial charge in [0, 0.05) is 5.75 Å². The van der Waals surface area contributed by atoms with E-state index in [0.717, 1.165) is 4.21 Å². The SMILES string of the molecule is CCOC(=O)C(C)CSc1cnc(N)s1. The van der Waals surface area contributed by atoms with E-state index < -0.39 is 0 Å². The summed E-state index contributed by atoms with van der Waals surface area (Å²) in [5, 5.41) is 0.557. The van der Waals surface area contributed by atoms with Crippen LogP contribution in [0.5, 0.6) is 0 Å². The number of rotatable bonds is 5. The second kappa shape index (κ2) is 5.97. The third kappa shape index (κ3) is 4.09. The van der Waals surface area contributed by atoms with Gasteiger partial charge in [-0.2, -0.15) is 0 Å². The number of anilines is 1. The molecule has 0 aliphatic heterocycles. The predicted molar refractivity (Wildman–Crippen MR) is 63.0 cm³/mol. The summed E-state index contributed by atoms with van der Waals surface area (Å²) in [6, 6.07) is 0. The van der Waals surface area contributed by atoms with Crippen LogP contribution in [0, 0.1) is 5.92 Å². The molecule has 6 heteroatoms. The molecule has 0 aliphatic rings. The van der Waals surface area contributed by atoms with E-state index in [4.69, 9.17) is 10.5 Å². The third-order valence-corrected chi connectivity index (χ3v) is 3.95. The monoisotopic (exact) mass is 246 g/mol. The molecule has 2 N–H and O–H groups in total. The molecule has 84 valence electrons. The summed E-state index contributed by atoms with van der Waals surface area (Å²) < 4.78 is 5.94. The van der Waals surface area contributed by atoms with Crippen molar-refractivity contribution in [2.75, 3.05) is 18.1 Å². The molecule has 1 heterocycles. The molecule has 0 saturated heterocycles. The molecule has 1 aromatic heterocycles. The Morgan fingerprint density at radius 3 is 3.07 bits per heavy atom. The van der Waals surface area contributed by atoms with Crippen molar-refractivity contribution in [2.45, 2.75) is 18.1 Å². The average Bonchev–Trinajstić information content (AvgIpc) is 2.61. The number of hydrogen-bond donors (Lipinski definition) is 1. The van der Waals surface area contributed by atoms with Crippen LogP contribution in [0.1, 0.15) is 13.8 Å². The Hall–Kier alpha value is -0.750. The lowest BCUT2D eigenvalue weighted by Gasteiger charge is -2.08. The first-order valence-electron chi connectivity index (χ1n) is 4.64. The molecule has 0 saturated carbocycles.